The lowest BCUT2D eigenvalue weighted by molar-refractivity contribution is -0.138. The van der Waals surface area contributed by atoms with Crippen LogP contribution in [0.15, 0.2) is 189 Å². The first-order valence-corrected chi connectivity index (χ1v) is 29.7. The number of carbonyl (C=O) groups excluding carboxylic acids is 4. The summed E-state index contributed by atoms with van der Waals surface area (Å²) in [6.45, 7) is 11.9. The van der Waals surface area contributed by atoms with Crippen molar-refractivity contribution >= 4 is 34.9 Å². The second kappa shape index (κ2) is 34.3. The number of hydrogen-bond acceptors (Lipinski definition) is 15. The molecule has 0 saturated carbocycles. The lowest BCUT2D eigenvalue weighted by Crippen LogP contribution is -2.08. The predicted octanol–water partition coefficient (Wildman–Crippen LogP) is 15.9. The number of hydrogen-bond donors (Lipinski definition) is 0. The molecule has 0 unspecified atom stereocenters. The van der Waals surface area contributed by atoms with Crippen molar-refractivity contribution in [3.63, 3.8) is 0 Å². The first-order chi connectivity index (χ1) is 42.6. The van der Waals surface area contributed by atoms with Crippen LogP contribution in [0.5, 0.6) is 40.2 Å². The molecule has 0 amide bonds. The Balaban J connectivity index is 0.860. The van der Waals surface area contributed by atoms with Gasteiger partial charge in [-0.1, -0.05) is 87.9 Å². The van der Waals surface area contributed by atoms with Crippen LogP contribution < -0.4 is 33.2 Å². The van der Waals surface area contributed by atoms with Gasteiger partial charge in [0.25, 0.3) is 0 Å². The molecule has 0 aliphatic heterocycles. The first kappa shape index (κ1) is 63.3. The van der Waals surface area contributed by atoms with Gasteiger partial charge in [-0.25, -0.2) is 29.1 Å². The number of nitrogens with zero attached hydrogens (tertiary/aromatic N) is 2. The van der Waals surface area contributed by atoms with Gasteiger partial charge >= 0.3 is 23.9 Å². The quantitative estimate of drug-likeness (QED) is 0.0157. The van der Waals surface area contributed by atoms with E-state index in [0.29, 0.717) is 101 Å². The summed E-state index contributed by atoms with van der Waals surface area (Å²) in [5, 5.41) is 0. The summed E-state index contributed by atoms with van der Waals surface area (Å²) in [6, 6.07) is 49.4. The van der Waals surface area contributed by atoms with Gasteiger partial charge < -0.3 is 42.6 Å². The summed E-state index contributed by atoms with van der Waals surface area (Å²) in [7, 11) is 0. The summed E-state index contributed by atoms with van der Waals surface area (Å²) in [5.74, 6) is 2.33. The Kier molecular flexibility index (Phi) is 24.9. The second-order valence-corrected chi connectivity index (χ2v) is 20.5. The number of carbonyl (C=O) groups is 4. The minimum absolute atomic E-state index is 0.238. The number of benzene rings is 7. The molecule has 87 heavy (non-hydrogen) atoms. The van der Waals surface area contributed by atoms with Crippen LogP contribution in [-0.4, -0.2) is 66.9 Å². The second-order valence-electron chi connectivity index (χ2n) is 20.5. The topological polar surface area (TPSA) is 177 Å². The number of rotatable bonds is 36. The average molecular weight is 1180 g/mol. The highest BCUT2D eigenvalue weighted by atomic mass is 16.5. The third-order valence-corrected chi connectivity index (χ3v) is 13.8. The molecule has 0 saturated heterocycles. The van der Waals surface area contributed by atoms with Crippen molar-refractivity contribution in [3.8, 4) is 62.8 Å². The molecule has 0 radical (unpaired) electrons. The zero-order valence-electron chi connectivity index (χ0n) is 49.3. The zero-order chi connectivity index (χ0) is 60.8. The Labute approximate surface area is 508 Å². The zero-order valence-corrected chi connectivity index (χ0v) is 49.3. The van der Waals surface area contributed by atoms with Gasteiger partial charge in [-0.05, 0) is 178 Å². The lowest BCUT2D eigenvalue weighted by atomic mass is 10.0. The van der Waals surface area contributed by atoms with Gasteiger partial charge in [0.05, 0.1) is 66.6 Å². The third kappa shape index (κ3) is 20.8. The van der Waals surface area contributed by atoms with E-state index in [0.717, 1.165) is 111 Å². The molecular formula is C72H74N2O13. The monoisotopic (exact) mass is 1170 g/mol. The van der Waals surface area contributed by atoms with Crippen molar-refractivity contribution < 1.29 is 61.8 Å². The molecule has 0 fully saturated rings. The van der Waals surface area contributed by atoms with Gasteiger partial charge in [-0.3, -0.25) is 0 Å². The maximum atomic E-state index is 13.1. The number of ether oxygens (including phenoxy) is 9. The Morgan fingerprint density at radius 2 is 0.759 bits per heavy atom. The standard InChI is InChI=1S/C72H74N2O13/c1-4-7-8-13-44-81-64-40-41-65-66(49-64)74-70(57-21-19-23-63(48-57)85-51-53-26-30-55(31-27-53)72(78)87-61-38-34-59(35-39-61)80-43-15-10-12-17-46-83-68(76)6-3)69(73-65)56-20-18-22-62(47-56)84-50-52-24-28-54(29-25-52)71(77)86-60-36-32-58(33-37-60)79-42-14-9-11-16-45-82-67(75)5-2/h5-6,18-41,47-49H,2-4,7-17,42-46,50-51H2,1H3. The lowest BCUT2D eigenvalue weighted by Gasteiger charge is -2.14. The minimum Gasteiger partial charge on any atom is -0.494 e. The molecule has 1 heterocycles. The van der Waals surface area contributed by atoms with Crippen LogP contribution in [0.4, 0.5) is 0 Å². The summed E-state index contributed by atoms with van der Waals surface area (Å²) < 4.78 is 51.9. The van der Waals surface area contributed by atoms with Gasteiger partial charge in [0.1, 0.15) is 53.5 Å². The molecule has 0 aliphatic carbocycles. The van der Waals surface area contributed by atoms with E-state index >= 15 is 0 Å². The maximum Gasteiger partial charge on any atom is 0.343 e. The summed E-state index contributed by atoms with van der Waals surface area (Å²) in [6.07, 6.45) is 13.8. The first-order valence-electron chi connectivity index (χ1n) is 29.7. The fourth-order valence-electron chi connectivity index (χ4n) is 9.02. The maximum absolute atomic E-state index is 13.1. The van der Waals surface area contributed by atoms with Crippen LogP contribution in [0.3, 0.4) is 0 Å². The van der Waals surface area contributed by atoms with E-state index in [1.54, 1.807) is 72.8 Å². The molecule has 0 aliphatic rings. The van der Waals surface area contributed by atoms with Crippen LogP contribution in [0.2, 0.25) is 0 Å². The smallest absolute Gasteiger partial charge is 0.343 e. The van der Waals surface area contributed by atoms with E-state index in [4.69, 9.17) is 52.6 Å². The molecule has 7 aromatic carbocycles. The Morgan fingerprint density at radius 1 is 0.379 bits per heavy atom. The Hall–Kier alpha value is -9.76. The average Bonchev–Trinajstić information content (AvgIpc) is 2.60. The van der Waals surface area contributed by atoms with Crippen molar-refractivity contribution in [2.75, 3.05) is 33.0 Å². The van der Waals surface area contributed by atoms with Crippen LogP contribution in [0.25, 0.3) is 33.5 Å². The molecule has 1 aromatic heterocycles. The van der Waals surface area contributed by atoms with Crippen molar-refractivity contribution in [2.45, 2.75) is 97.2 Å². The van der Waals surface area contributed by atoms with E-state index in [9.17, 15) is 19.2 Å². The number of aromatic nitrogens is 2. The normalized spacial score (nSPS) is 10.8. The van der Waals surface area contributed by atoms with E-state index < -0.39 is 23.9 Å². The van der Waals surface area contributed by atoms with Gasteiger partial charge in [0.2, 0.25) is 0 Å². The van der Waals surface area contributed by atoms with Crippen molar-refractivity contribution in [3.05, 3.63) is 211 Å². The number of fused-ring (bicyclic) bond motifs is 1. The molecule has 0 atom stereocenters. The van der Waals surface area contributed by atoms with Crippen LogP contribution in [-0.2, 0) is 32.3 Å². The molecule has 8 rings (SSSR count). The molecule has 0 N–H and O–H groups in total. The molecule has 15 nitrogen and oxygen atoms in total. The van der Waals surface area contributed by atoms with Gasteiger partial charge in [-0.2, -0.15) is 0 Å². The van der Waals surface area contributed by atoms with Gasteiger partial charge in [0, 0.05) is 29.3 Å². The summed E-state index contributed by atoms with van der Waals surface area (Å²) in [5.41, 5.74) is 6.75. The molecule has 0 spiro atoms. The van der Waals surface area contributed by atoms with Crippen molar-refractivity contribution in [2.24, 2.45) is 0 Å². The molecule has 450 valence electrons. The Bertz CT molecular complexity index is 3510. The molecule has 15 heteroatoms. The highest BCUT2D eigenvalue weighted by molar-refractivity contribution is 5.92. The SMILES string of the molecule is C=CC(=O)OCCCCCCOc1ccc(OC(=O)c2ccc(COc3cccc(-c4nc5ccc(OCCCCCC)cc5nc4-c4cccc(OCc5ccc(C(=O)Oc6ccc(OCCCCCCOC(=O)C=C)cc6)cc5)c4)c3)cc2)cc1. The molecule has 0 bridgehead atoms. The van der Waals surface area contributed by atoms with E-state index in [2.05, 4.69) is 20.1 Å². The fraction of sp³-hybridized carbons (Fsp3) is 0.278. The molecule has 8 aromatic rings. The third-order valence-electron chi connectivity index (χ3n) is 13.8. The largest absolute Gasteiger partial charge is 0.494 e. The van der Waals surface area contributed by atoms with Crippen LogP contribution >= 0.6 is 0 Å². The van der Waals surface area contributed by atoms with Gasteiger partial charge in [0.15, 0.2) is 0 Å². The number of unbranched alkanes of at least 4 members (excludes halogenated alkanes) is 9. The summed E-state index contributed by atoms with van der Waals surface area (Å²) in [4.78, 5) is 59.0. The highest BCUT2D eigenvalue weighted by Gasteiger charge is 2.17. The minimum atomic E-state index is -0.487. The van der Waals surface area contributed by atoms with Crippen molar-refractivity contribution in [1.29, 1.82) is 0 Å². The van der Waals surface area contributed by atoms with E-state index in [-0.39, 0.29) is 13.2 Å². The van der Waals surface area contributed by atoms with E-state index in [1.807, 2.05) is 91.0 Å². The fourth-order valence-corrected chi connectivity index (χ4v) is 9.02. The highest BCUT2D eigenvalue weighted by Crippen LogP contribution is 2.35. The van der Waals surface area contributed by atoms with Crippen LogP contribution in [0, 0.1) is 0 Å². The molecular weight excluding hydrogens is 1100 g/mol. The Morgan fingerprint density at radius 3 is 1.20 bits per heavy atom. The van der Waals surface area contributed by atoms with Crippen molar-refractivity contribution in [1.82, 2.24) is 9.97 Å². The van der Waals surface area contributed by atoms with Gasteiger partial charge in [-0.15, -0.1) is 0 Å². The summed E-state index contributed by atoms with van der Waals surface area (Å²) >= 11 is 0. The predicted molar refractivity (Wildman–Crippen MR) is 335 cm³/mol. The van der Waals surface area contributed by atoms with Crippen LogP contribution in [0.1, 0.15) is 116 Å². The van der Waals surface area contributed by atoms with E-state index in [1.165, 1.54) is 6.42 Å². The number of esters is 4.